The monoisotopic (exact) mass is 282 g/mol. The van der Waals surface area contributed by atoms with E-state index in [1.807, 2.05) is 6.92 Å². The number of pyridine rings is 1. The quantitative estimate of drug-likeness (QED) is 0.753. The fourth-order valence-corrected chi connectivity index (χ4v) is 1.94. The number of aromatic nitrogens is 1. The largest absolute Gasteiger partial charge is 0.493 e. The fraction of sp³-hybridized carbons (Fsp3) is 0.667. The van der Waals surface area contributed by atoms with Crippen LogP contribution in [0.4, 0.5) is 0 Å². The molecule has 1 heterocycles. The smallest absolute Gasteiger partial charge is 0.183 e. The Hall–Kier alpha value is -1.33. The van der Waals surface area contributed by atoms with Crippen LogP contribution in [0.25, 0.3) is 0 Å². The van der Waals surface area contributed by atoms with Crippen molar-refractivity contribution in [2.75, 3.05) is 27.4 Å². The Kier molecular flexibility index (Phi) is 7.33. The molecule has 0 aliphatic rings. The highest BCUT2D eigenvalue weighted by Gasteiger charge is 2.16. The third-order valence-electron chi connectivity index (χ3n) is 3.20. The second-order valence-corrected chi connectivity index (χ2v) is 4.88. The molecule has 1 unspecified atom stereocenters. The van der Waals surface area contributed by atoms with Crippen LogP contribution in [0, 0.1) is 5.92 Å². The van der Waals surface area contributed by atoms with Crippen molar-refractivity contribution in [3.63, 3.8) is 0 Å². The average molecular weight is 282 g/mol. The van der Waals surface area contributed by atoms with Crippen molar-refractivity contribution < 1.29 is 14.2 Å². The maximum atomic E-state index is 5.51. The van der Waals surface area contributed by atoms with E-state index in [9.17, 15) is 0 Å². The molecule has 0 fully saturated rings. The van der Waals surface area contributed by atoms with Gasteiger partial charge in [-0.25, -0.2) is 0 Å². The van der Waals surface area contributed by atoms with Gasteiger partial charge in [0.15, 0.2) is 11.5 Å². The van der Waals surface area contributed by atoms with Crippen LogP contribution in [0.3, 0.4) is 0 Å². The van der Waals surface area contributed by atoms with Gasteiger partial charge in [-0.15, -0.1) is 0 Å². The predicted octanol–water partition coefficient (Wildman–Crippen LogP) is 2.25. The molecule has 0 amide bonds. The number of hydrogen-bond donors (Lipinski definition) is 1. The van der Waals surface area contributed by atoms with Crippen molar-refractivity contribution in [3.05, 3.63) is 18.0 Å². The third-order valence-corrected chi connectivity index (χ3v) is 3.20. The first-order valence-electron chi connectivity index (χ1n) is 7.01. The molecule has 0 spiro atoms. The molecule has 0 aromatic carbocycles. The van der Waals surface area contributed by atoms with Crippen molar-refractivity contribution in [1.29, 1.82) is 0 Å². The van der Waals surface area contributed by atoms with Crippen molar-refractivity contribution >= 4 is 0 Å². The summed E-state index contributed by atoms with van der Waals surface area (Å²) in [7, 11) is 3.25. The maximum Gasteiger partial charge on any atom is 0.183 e. The summed E-state index contributed by atoms with van der Waals surface area (Å²) in [5.74, 6) is 1.87. The third kappa shape index (κ3) is 4.65. The molecular formula is C15H26N2O3. The van der Waals surface area contributed by atoms with E-state index >= 15 is 0 Å². The summed E-state index contributed by atoms with van der Waals surface area (Å²) in [5.41, 5.74) is 0.842. The standard InChI is InChI=1S/C15H26N2O3/c1-6-20-10-13(11(2)3)17-9-12-15(19-5)14(18-4)7-8-16-12/h7-8,11,13,17H,6,9-10H2,1-5H3. The van der Waals surface area contributed by atoms with Crippen LogP contribution in [0.1, 0.15) is 26.5 Å². The summed E-state index contributed by atoms with van der Waals surface area (Å²) in [5, 5.41) is 3.47. The van der Waals surface area contributed by atoms with Gasteiger partial charge < -0.3 is 19.5 Å². The molecule has 114 valence electrons. The first-order chi connectivity index (χ1) is 9.63. The Morgan fingerprint density at radius 2 is 2.00 bits per heavy atom. The molecule has 0 radical (unpaired) electrons. The van der Waals surface area contributed by atoms with Gasteiger partial charge in [-0.1, -0.05) is 13.8 Å². The number of ether oxygens (including phenoxy) is 3. The topological polar surface area (TPSA) is 52.6 Å². The van der Waals surface area contributed by atoms with Crippen LogP contribution >= 0.6 is 0 Å². The number of nitrogens with one attached hydrogen (secondary N) is 1. The highest BCUT2D eigenvalue weighted by atomic mass is 16.5. The molecule has 0 bridgehead atoms. The lowest BCUT2D eigenvalue weighted by atomic mass is 10.1. The van der Waals surface area contributed by atoms with Gasteiger partial charge in [0.2, 0.25) is 0 Å². The van der Waals surface area contributed by atoms with E-state index in [1.54, 1.807) is 26.5 Å². The molecule has 1 N–H and O–H groups in total. The summed E-state index contributed by atoms with van der Waals surface area (Å²) in [6, 6.07) is 2.08. The van der Waals surface area contributed by atoms with Gasteiger partial charge >= 0.3 is 0 Å². The highest BCUT2D eigenvalue weighted by Crippen LogP contribution is 2.28. The lowest BCUT2D eigenvalue weighted by Gasteiger charge is -2.22. The number of rotatable bonds is 9. The molecular weight excluding hydrogens is 256 g/mol. The molecule has 0 aliphatic carbocycles. The van der Waals surface area contributed by atoms with Crippen molar-refractivity contribution in [2.45, 2.75) is 33.4 Å². The van der Waals surface area contributed by atoms with Crippen molar-refractivity contribution in [3.8, 4) is 11.5 Å². The van der Waals surface area contributed by atoms with Gasteiger partial charge in [0, 0.05) is 31.5 Å². The summed E-state index contributed by atoms with van der Waals surface area (Å²) in [4.78, 5) is 4.36. The summed E-state index contributed by atoms with van der Waals surface area (Å²) in [6.45, 7) is 8.40. The van der Waals surface area contributed by atoms with Crippen LogP contribution in [0.2, 0.25) is 0 Å². The summed E-state index contributed by atoms with van der Waals surface area (Å²) in [6.07, 6.45) is 1.73. The van der Waals surface area contributed by atoms with Crippen LogP contribution in [-0.4, -0.2) is 38.5 Å². The van der Waals surface area contributed by atoms with E-state index in [-0.39, 0.29) is 6.04 Å². The van der Waals surface area contributed by atoms with Gasteiger partial charge in [0.1, 0.15) is 0 Å². The molecule has 1 aromatic heterocycles. The molecule has 1 atom stereocenters. The zero-order chi connectivity index (χ0) is 15.0. The Morgan fingerprint density at radius 3 is 2.55 bits per heavy atom. The maximum absolute atomic E-state index is 5.51. The number of hydrogen-bond acceptors (Lipinski definition) is 5. The second-order valence-electron chi connectivity index (χ2n) is 4.88. The van der Waals surface area contributed by atoms with Crippen LogP contribution in [-0.2, 0) is 11.3 Å². The fourth-order valence-electron chi connectivity index (χ4n) is 1.94. The average Bonchev–Trinajstić information content (AvgIpc) is 2.46. The first-order valence-corrected chi connectivity index (χ1v) is 7.01. The molecule has 20 heavy (non-hydrogen) atoms. The normalized spacial score (nSPS) is 12.5. The minimum Gasteiger partial charge on any atom is -0.493 e. The summed E-state index contributed by atoms with van der Waals surface area (Å²) >= 11 is 0. The Bertz CT molecular complexity index is 397. The zero-order valence-electron chi connectivity index (χ0n) is 13.1. The van der Waals surface area contributed by atoms with E-state index in [4.69, 9.17) is 14.2 Å². The Balaban J connectivity index is 2.72. The molecule has 0 aliphatic heterocycles. The second kappa shape index (κ2) is 8.76. The minimum atomic E-state index is 0.285. The van der Waals surface area contributed by atoms with Crippen molar-refractivity contribution in [2.24, 2.45) is 5.92 Å². The molecule has 1 rings (SSSR count). The van der Waals surface area contributed by atoms with Crippen LogP contribution in [0.15, 0.2) is 12.3 Å². The molecule has 1 aromatic rings. The Labute approximate surface area is 121 Å². The summed E-state index contributed by atoms with van der Waals surface area (Å²) < 4.78 is 16.2. The SMILES string of the molecule is CCOCC(NCc1nccc(OC)c1OC)C(C)C. The molecule has 5 heteroatoms. The Morgan fingerprint density at radius 1 is 1.25 bits per heavy atom. The molecule has 5 nitrogen and oxygen atoms in total. The predicted molar refractivity (Wildman–Crippen MR) is 79.3 cm³/mol. The van der Waals surface area contributed by atoms with E-state index in [0.29, 0.717) is 30.6 Å². The zero-order valence-corrected chi connectivity index (χ0v) is 13.1. The van der Waals surface area contributed by atoms with Gasteiger partial charge in [-0.2, -0.15) is 0 Å². The van der Waals surface area contributed by atoms with Gasteiger partial charge in [-0.3, -0.25) is 4.98 Å². The lowest BCUT2D eigenvalue weighted by molar-refractivity contribution is 0.107. The minimum absolute atomic E-state index is 0.285. The van der Waals surface area contributed by atoms with Crippen LogP contribution in [0.5, 0.6) is 11.5 Å². The van der Waals surface area contributed by atoms with Gasteiger partial charge in [0.05, 0.1) is 26.5 Å². The first kappa shape index (κ1) is 16.7. The molecule has 0 saturated heterocycles. The van der Waals surface area contributed by atoms with Gasteiger partial charge in [-0.05, 0) is 12.8 Å². The highest BCUT2D eigenvalue weighted by molar-refractivity contribution is 5.42. The van der Waals surface area contributed by atoms with Crippen molar-refractivity contribution in [1.82, 2.24) is 10.3 Å². The molecule has 0 saturated carbocycles. The van der Waals surface area contributed by atoms with E-state index in [2.05, 4.69) is 24.1 Å². The van der Waals surface area contributed by atoms with E-state index in [0.717, 1.165) is 12.3 Å². The number of nitrogens with zero attached hydrogens (tertiary/aromatic N) is 1. The van der Waals surface area contributed by atoms with Crippen LogP contribution < -0.4 is 14.8 Å². The van der Waals surface area contributed by atoms with E-state index in [1.165, 1.54) is 0 Å². The number of methoxy groups -OCH3 is 2. The van der Waals surface area contributed by atoms with Gasteiger partial charge in [0.25, 0.3) is 0 Å². The van der Waals surface area contributed by atoms with E-state index < -0.39 is 0 Å². The lowest BCUT2D eigenvalue weighted by Crippen LogP contribution is -2.37.